The molecule has 89 valence electrons. The Morgan fingerprint density at radius 3 is 1.75 bits per heavy atom. The van der Waals surface area contributed by atoms with Crippen molar-refractivity contribution in [2.45, 2.75) is 46.3 Å². The molecule has 1 radical (unpaired) electrons. The van der Waals surface area contributed by atoms with Gasteiger partial charge >= 0.3 is 0 Å². The van der Waals surface area contributed by atoms with Crippen LogP contribution in [-0.2, 0) is 6.42 Å². The van der Waals surface area contributed by atoms with E-state index in [0.29, 0.717) is 6.42 Å². The van der Waals surface area contributed by atoms with Crippen molar-refractivity contribution in [2.24, 2.45) is 0 Å². The minimum atomic E-state index is 0.166. The Morgan fingerprint density at radius 2 is 1.44 bits per heavy atom. The van der Waals surface area contributed by atoms with E-state index in [-0.39, 0.29) is 12.2 Å². The first-order chi connectivity index (χ1) is 7.54. The number of hydrogen-bond donors (Lipinski definition) is 0. The monoisotopic (exact) mass is 221 g/mol. The molecule has 0 amide bonds. The fourth-order valence-electron chi connectivity index (χ4n) is 1.52. The van der Waals surface area contributed by atoms with Gasteiger partial charge < -0.3 is 9.47 Å². The molecular formula is C14H21O2. The van der Waals surface area contributed by atoms with E-state index >= 15 is 0 Å². The van der Waals surface area contributed by atoms with Crippen molar-refractivity contribution in [3.05, 3.63) is 30.7 Å². The van der Waals surface area contributed by atoms with Crippen molar-refractivity contribution in [2.75, 3.05) is 0 Å². The molecule has 0 saturated carbocycles. The Labute approximate surface area is 98.6 Å². The van der Waals surface area contributed by atoms with Crippen molar-refractivity contribution in [3.8, 4) is 11.5 Å². The van der Waals surface area contributed by atoms with E-state index in [1.165, 1.54) is 0 Å². The van der Waals surface area contributed by atoms with Gasteiger partial charge in [0, 0.05) is 5.56 Å². The Bertz CT molecular complexity index is 301. The van der Waals surface area contributed by atoms with Gasteiger partial charge in [-0.3, -0.25) is 0 Å². The number of ether oxygens (including phenoxy) is 2. The lowest BCUT2D eigenvalue weighted by Gasteiger charge is -2.18. The summed E-state index contributed by atoms with van der Waals surface area (Å²) < 4.78 is 11.5. The molecule has 2 heteroatoms. The van der Waals surface area contributed by atoms with Crippen LogP contribution >= 0.6 is 0 Å². The van der Waals surface area contributed by atoms with Crippen molar-refractivity contribution in [1.29, 1.82) is 0 Å². The highest BCUT2D eigenvalue weighted by atomic mass is 16.5. The summed E-state index contributed by atoms with van der Waals surface area (Å²) in [5.74, 6) is 1.76. The van der Waals surface area contributed by atoms with Gasteiger partial charge in [0.25, 0.3) is 0 Å². The third kappa shape index (κ3) is 3.44. The van der Waals surface area contributed by atoms with Gasteiger partial charge in [0.15, 0.2) is 0 Å². The third-order valence-corrected chi connectivity index (χ3v) is 2.07. The molecule has 0 aromatic heterocycles. The Kier molecular flexibility index (Phi) is 4.66. The summed E-state index contributed by atoms with van der Waals surface area (Å²) in [7, 11) is 0. The molecule has 1 aromatic carbocycles. The topological polar surface area (TPSA) is 18.5 Å². The first-order valence-electron chi connectivity index (χ1n) is 5.79. The van der Waals surface area contributed by atoms with Crippen LogP contribution in [0.15, 0.2) is 18.2 Å². The predicted octanol–water partition coefficient (Wildman–Crippen LogP) is 3.64. The maximum Gasteiger partial charge on any atom is 0.126 e. The minimum absolute atomic E-state index is 0.166. The molecule has 0 saturated heterocycles. The highest BCUT2D eigenvalue weighted by Crippen LogP contribution is 2.30. The Hall–Kier alpha value is -1.18. The van der Waals surface area contributed by atoms with E-state index in [0.717, 1.165) is 17.1 Å². The molecule has 0 bridgehead atoms. The number of benzene rings is 1. The summed E-state index contributed by atoms with van der Waals surface area (Å²) in [6.07, 6.45) is 1.00. The molecular weight excluding hydrogens is 200 g/mol. The van der Waals surface area contributed by atoms with Gasteiger partial charge in [0.1, 0.15) is 11.5 Å². The Balaban J connectivity index is 3.00. The first-order valence-corrected chi connectivity index (χ1v) is 5.79. The quantitative estimate of drug-likeness (QED) is 0.755. The zero-order valence-electron chi connectivity index (χ0n) is 10.6. The van der Waals surface area contributed by atoms with Crippen molar-refractivity contribution in [3.63, 3.8) is 0 Å². The second-order valence-electron chi connectivity index (χ2n) is 4.32. The van der Waals surface area contributed by atoms with Crippen LogP contribution in [0.4, 0.5) is 0 Å². The maximum atomic E-state index is 5.74. The lowest BCUT2D eigenvalue weighted by Crippen LogP contribution is -2.11. The van der Waals surface area contributed by atoms with Gasteiger partial charge in [-0.25, -0.2) is 0 Å². The zero-order chi connectivity index (χ0) is 12.1. The molecule has 0 aliphatic heterocycles. The Morgan fingerprint density at radius 1 is 1.00 bits per heavy atom. The molecule has 0 spiro atoms. The van der Waals surface area contributed by atoms with E-state index in [4.69, 9.17) is 9.47 Å². The standard InChI is InChI=1S/C14H21O2/c1-6-12-13(15-10(2)3)8-7-9-14(12)16-11(4)5/h7-11H,1,6H2,2-5H3. The average molecular weight is 221 g/mol. The predicted molar refractivity (Wildman–Crippen MR) is 67.0 cm³/mol. The fraction of sp³-hybridized carbons (Fsp3) is 0.500. The number of hydrogen-bond acceptors (Lipinski definition) is 2. The second-order valence-corrected chi connectivity index (χ2v) is 4.32. The van der Waals surface area contributed by atoms with Gasteiger partial charge in [-0.2, -0.15) is 0 Å². The van der Waals surface area contributed by atoms with Crippen LogP contribution in [-0.4, -0.2) is 12.2 Å². The van der Waals surface area contributed by atoms with Crippen molar-refractivity contribution >= 4 is 0 Å². The molecule has 16 heavy (non-hydrogen) atoms. The molecule has 0 N–H and O–H groups in total. The van der Waals surface area contributed by atoms with Crippen LogP contribution in [0.2, 0.25) is 0 Å². The number of rotatable bonds is 5. The van der Waals surface area contributed by atoms with E-state index in [2.05, 4.69) is 6.92 Å². The van der Waals surface area contributed by atoms with Crippen LogP contribution in [0.5, 0.6) is 11.5 Å². The normalized spacial score (nSPS) is 10.9. The van der Waals surface area contributed by atoms with Gasteiger partial charge in [0.05, 0.1) is 12.2 Å². The molecule has 0 unspecified atom stereocenters. The van der Waals surface area contributed by atoms with Crippen LogP contribution < -0.4 is 9.47 Å². The lowest BCUT2D eigenvalue weighted by atomic mass is 10.1. The van der Waals surface area contributed by atoms with Crippen LogP contribution in [0.25, 0.3) is 0 Å². The minimum Gasteiger partial charge on any atom is -0.491 e. The molecule has 1 rings (SSSR count). The molecule has 0 heterocycles. The van der Waals surface area contributed by atoms with Gasteiger partial charge in [-0.15, -0.1) is 0 Å². The molecule has 0 fully saturated rings. The van der Waals surface area contributed by atoms with E-state index in [9.17, 15) is 0 Å². The summed E-state index contributed by atoms with van der Waals surface area (Å²) in [5, 5.41) is 0. The SMILES string of the molecule is [CH2]Cc1c(OC(C)C)cccc1OC(C)C. The fourth-order valence-corrected chi connectivity index (χ4v) is 1.52. The van der Waals surface area contributed by atoms with E-state index in [1.54, 1.807) is 0 Å². The zero-order valence-corrected chi connectivity index (χ0v) is 10.6. The van der Waals surface area contributed by atoms with E-state index < -0.39 is 0 Å². The summed E-state index contributed by atoms with van der Waals surface area (Å²) in [6.45, 7) is 12.0. The molecule has 1 aromatic rings. The highest BCUT2D eigenvalue weighted by Gasteiger charge is 2.11. The average Bonchev–Trinajstić information content (AvgIpc) is 2.16. The van der Waals surface area contributed by atoms with Crippen molar-refractivity contribution < 1.29 is 9.47 Å². The molecule has 0 aliphatic rings. The molecule has 2 nitrogen and oxygen atoms in total. The maximum absolute atomic E-state index is 5.74. The largest absolute Gasteiger partial charge is 0.491 e. The van der Waals surface area contributed by atoms with Gasteiger partial charge in [0.2, 0.25) is 0 Å². The smallest absolute Gasteiger partial charge is 0.126 e. The second kappa shape index (κ2) is 5.78. The summed E-state index contributed by atoms with van der Waals surface area (Å²) in [5.41, 5.74) is 1.05. The highest BCUT2D eigenvalue weighted by molar-refractivity contribution is 5.45. The third-order valence-electron chi connectivity index (χ3n) is 2.07. The lowest BCUT2D eigenvalue weighted by molar-refractivity contribution is 0.225. The summed E-state index contributed by atoms with van der Waals surface area (Å²) >= 11 is 0. The van der Waals surface area contributed by atoms with Crippen LogP contribution in [0.3, 0.4) is 0 Å². The summed E-state index contributed by atoms with van der Waals surface area (Å²) in [4.78, 5) is 0. The van der Waals surface area contributed by atoms with Gasteiger partial charge in [-0.1, -0.05) is 6.07 Å². The molecule has 0 atom stereocenters. The first kappa shape index (κ1) is 12.9. The van der Waals surface area contributed by atoms with Crippen molar-refractivity contribution in [1.82, 2.24) is 0 Å². The van der Waals surface area contributed by atoms with Gasteiger partial charge in [-0.05, 0) is 53.2 Å². The van der Waals surface area contributed by atoms with E-state index in [1.807, 2.05) is 45.9 Å². The summed E-state index contributed by atoms with van der Waals surface area (Å²) in [6, 6.07) is 5.88. The van der Waals surface area contributed by atoms with Crippen LogP contribution in [0, 0.1) is 6.92 Å². The molecule has 0 aliphatic carbocycles. The van der Waals surface area contributed by atoms with Crippen LogP contribution in [0.1, 0.15) is 33.3 Å².